The molecule has 1 amide bonds. The smallest absolute Gasteiger partial charge is 0.233 e. The summed E-state index contributed by atoms with van der Waals surface area (Å²) in [6.07, 6.45) is 2.96. The molecule has 1 heterocycles. The molecular weight excluding hydrogens is 339 g/mol. The van der Waals surface area contributed by atoms with Crippen molar-refractivity contribution in [2.24, 2.45) is 17.6 Å². The highest BCUT2D eigenvalue weighted by atomic mass is 35.5. The van der Waals surface area contributed by atoms with Crippen molar-refractivity contribution in [3.63, 3.8) is 0 Å². The molecule has 0 unspecified atom stereocenters. The molecule has 1 aromatic heterocycles. The fourth-order valence-electron chi connectivity index (χ4n) is 3.94. The van der Waals surface area contributed by atoms with Crippen molar-refractivity contribution in [3.8, 4) is 0 Å². The fraction of sp³-hybridized carbons (Fsp3) is 0.467. The second kappa shape index (κ2) is 5.63. The number of carbonyl (C=O) groups excluding carboxylic acids is 1. The Morgan fingerprint density at radius 1 is 1.48 bits per heavy atom. The number of aromatic nitrogens is 2. The van der Waals surface area contributed by atoms with Crippen LogP contribution in [0.5, 0.6) is 0 Å². The molecule has 1 aromatic carbocycles. The monoisotopic (exact) mass is 356 g/mol. The zero-order valence-electron chi connectivity index (χ0n) is 12.3. The molecule has 23 heavy (non-hydrogen) atoms. The van der Waals surface area contributed by atoms with Gasteiger partial charge in [-0.1, -0.05) is 11.6 Å². The van der Waals surface area contributed by atoms with Crippen molar-refractivity contribution in [3.05, 3.63) is 28.9 Å². The molecule has 4 rings (SSSR count). The van der Waals surface area contributed by atoms with E-state index >= 15 is 0 Å². The van der Waals surface area contributed by atoms with Crippen molar-refractivity contribution in [1.82, 2.24) is 15.5 Å². The predicted octanol–water partition coefficient (Wildman–Crippen LogP) is 1.31. The Morgan fingerprint density at radius 2 is 2.17 bits per heavy atom. The van der Waals surface area contributed by atoms with E-state index < -0.39 is 5.60 Å². The summed E-state index contributed by atoms with van der Waals surface area (Å²) in [6, 6.07) is 3.77. The van der Waals surface area contributed by atoms with Crippen LogP contribution in [0.2, 0.25) is 5.02 Å². The number of nitrogens with two attached hydrogens (primary N) is 1. The van der Waals surface area contributed by atoms with Crippen LogP contribution in [0.4, 0.5) is 0 Å². The second-order valence-electron chi connectivity index (χ2n) is 6.35. The van der Waals surface area contributed by atoms with Crippen LogP contribution in [0.25, 0.3) is 10.9 Å². The highest BCUT2D eigenvalue weighted by Crippen LogP contribution is 2.60. The van der Waals surface area contributed by atoms with Gasteiger partial charge in [0.25, 0.3) is 0 Å². The number of halogens is 2. The van der Waals surface area contributed by atoms with Gasteiger partial charge in [-0.15, -0.1) is 12.4 Å². The topological polar surface area (TPSA) is 104 Å². The number of nitrogens with one attached hydrogen (secondary N) is 2. The van der Waals surface area contributed by atoms with Crippen LogP contribution in [-0.2, 0) is 10.4 Å². The van der Waals surface area contributed by atoms with Crippen LogP contribution in [-0.4, -0.2) is 33.8 Å². The minimum Gasteiger partial charge on any atom is -0.385 e. The summed E-state index contributed by atoms with van der Waals surface area (Å²) >= 11 is 6.16. The number of hydrogen-bond donors (Lipinski definition) is 4. The summed E-state index contributed by atoms with van der Waals surface area (Å²) in [7, 11) is 0. The van der Waals surface area contributed by atoms with E-state index in [1.54, 1.807) is 12.3 Å². The standard InChI is InChI=1S/C15H17ClN4O2.ClH/c16-7-1-11(10-6-18-20-12(10)2-7)15(22)3-8-9(4-15)14(8)19-13(21)5-17;/h1-2,6,8-9,14,22H,3-5,17H2,(H,18,20)(H,19,21);1H/t8-,9+,14-,15+;. The van der Waals surface area contributed by atoms with E-state index in [1.165, 1.54) is 0 Å². The van der Waals surface area contributed by atoms with Crippen LogP contribution < -0.4 is 11.1 Å². The molecule has 5 N–H and O–H groups in total. The second-order valence-corrected chi connectivity index (χ2v) is 6.79. The molecule has 124 valence electrons. The van der Waals surface area contributed by atoms with E-state index in [2.05, 4.69) is 15.5 Å². The van der Waals surface area contributed by atoms with Crippen LogP contribution in [0.1, 0.15) is 18.4 Å². The van der Waals surface area contributed by atoms with E-state index in [0.29, 0.717) is 29.7 Å². The SMILES string of the molecule is Cl.NCC(=O)N[C@@H]1[C@@H]2C[C@@](O)(c3cc(Cl)cc4[nH]ncc34)C[C@@H]21. The number of benzene rings is 1. The predicted molar refractivity (Wildman–Crippen MR) is 89.4 cm³/mol. The summed E-state index contributed by atoms with van der Waals surface area (Å²) in [5.41, 5.74) is 6.06. The summed E-state index contributed by atoms with van der Waals surface area (Å²) in [6.45, 7) is 0.00411. The van der Waals surface area contributed by atoms with E-state index in [1.807, 2.05) is 6.07 Å². The van der Waals surface area contributed by atoms with Crippen LogP contribution in [0.3, 0.4) is 0 Å². The molecule has 8 heteroatoms. The number of hydrogen-bond acceptors (Lipinski definition) is 4. The van der Waals surface area contributed by atoms with Crippen molar-refractivity contribution < 1.29 is 9.90 Å². The van der Waals surface area contributed by atoms with Gasteiger partial charge < -0.3 is 16.2 Å². The molecule has 2 saturated carbocycles. The first-order valence-electron chi connectivity index (χ1n) is 7.37. The third-order valence-corrected chi connectivity index (χ3v) is 5.23. The Morgan fingerprint density at radius 3 is 2.83 bits per heavy atom. The minimum absolute atomic E-state index is 0. The van der Waals surface area contributed by atoms with E-state index in [9.17, 15) is 9.90 Å². The largest absolute Gasteiger partial charge is 0.385 e. The normalized spacial score (nSPS) is 31.5. The molecule has 2 aromatic rings. The average Bonchev–Trinajstić information content (AvgIpc) is 2.86. The number of amides is 1. The summed E-state index contributed by atoms with van der Waals surface area (Å²) in [5.74, 6) is 0.478. The molecule has 0 bridgehead atoms. The Bertz CT molecular complexity index is 751. The zero-order valence-corrected chi connectivity index (χ0v) is 13.8. The van der Waals surface area contributed by atoms with Crippen LogP contribution in [0.15, 0.2) is 18.3 Å². The third-order valence-electron chi connectivity index (χ3n) is 5.02. The first-order chi connectivity index (χ1) is 10.5. The van der Waals surface area contributed by atoms with Gasteiger partial charge in [0.05, 0.1) is 23.9 Å². The molecule has 4 atom stereocenters. The maximum Gasteiger partial charge on any atom is 0.233 e. The van der Waals surface area contributed by atoms with Gasteiger partial charge in [0, 0.05) is 16.5 Å². The first kappa shape index (κ1) is 16.5. The van der Waals surface area contributed by atoms with E-state index in [4.69, 9.17) is 17.3 Å². The lowest BCUT2D eigenvalue weighted by molar-refractivity contribution is -0.120. The number of aromatic amines is 1. The molecule has 2 aliphatic rings. The van der Waals surface area contributed by atoms with Gasteiger partial charge in [0.2, 0.25) is 5.91 Å². The quantitative estimate of drug-likeness (QED) is 0.665. The lowest BCUT2D eigenvalue weighted by atomic mass is 9.86. The summed E-state index contributed by atoms with van der Waals surface area (Å²) in [5, 5.41) is 22.4. The van der Waals surface area contributed by atoms with E-state index in [0.717, 1.165) is 16.5 Å². The number of H-pyrrole nitrogens is 1. The maximum atomic E-state index is 11.4. The Kier molecular flexibility index (Phi) is 4.04. The third kappa shape index (κ3) is 2.59. The van der Waals surface area contributed by atoms with Crippen LogP contribution in [0, 0.1) is 11.8 Å². The van der Waals surface area contributed by atoms with Crippen molar-refractivity contribution >= 4 is 40.8 Å². The molecule has 2 fully saturated rings. The Labute approximate surface area is 144 Å². The minimum atomic E-state index is -0.910. The molecular formula is C15H18Cl2N4O2. The van der Waals surface area contributed by atoms with Gasteiger partial charge in [-0.05, 0) is 42.4 Å². The van der Waals surface area contributed by atoms with Crippen LogP contribution >= 0.6 is 24.0 Å². The highest BCUT2D eigenvalue weighted by molar-refractivity contribution is 6.31. The number of rotatable bonds is 3. The number of fused-ring (bicyclic) bond motifs is 2. The Hall–Kier alpha value is -1.34. The van der Waals surface area contributed by atoms with Gasteiger partial charge in [-0.25, -0.2) is 0 Å². The lowest BCUT2D eigenvalue weighted by Gasteiger charge is -2.27. The number of aliphatic hydroxyl groups is 1. The Balaban J connectivity index is 0.00000156. The number of carbonyl (C=O) groups is 1. The average molecular weight is 357 g/mol. The molecule has 6 nitrogen and oxygen atoms in total. The molecule has 2 aliphatic carbocycles. The number of nitrogens with zero attached hydrogens (tertiary/aromatic N) is 1. The fourth-order valence-corrected chi connectivity index (χ4v) is 4.16. The first-order valence-corrected chi connectivity index (χ1v) is 7.74. The van der Waals surface area contributed by atoms with Gasteiger partial charge in [-0.3, -0.25) is 9.89 Å². The summed E-state index contributed by atoms with van der Waals surface area (Å²) < 4.78 is 0. The molecule has 0 radical (unpaired) electrons. The highest BCUT2D eigenvalue weighted by Gasteiger charge is 2.62. The zero-order chi connectivity index (χ0) is 15.5. The molecule has 0 saturated heterocycles. The summed E-state index contributed by atoms with van der Waals surface area (Å²) in [4.78, 5) is 11.4. The maximum absolute atomic E-state index is 11.4. The molecule has 0 spiro atoms. The molecule has 0 aliphatic heterocycles. The van der Waals surface area contributed by atoms with Crippen molar-refractivity contribution in [1.29, 1.82) is 0 Å². The van der Waals surface area contributed by atoms with Gasteiger partial charge in [-0.2, -0.15) is 5.10 Å². The van der Waals surface area contributed by atoms with E-state index in [-0.39, 0.29) is 30.9 Å². The van der Waals surface area contributed by atoms with Crippen molar-refractivity contribution in [2.75, 3.05) is 6.54 Å². The lowest BCUT2D eigenvalue weighted by Crippen LogP contribution is -2.36. The van der Waals surface area contributed by atoms with Gasteiger partial charge in [0.1, 0.15) is 0 Å². The van der Waals surface area contributed by atoms with Gasteiger partial charge >= 0.3 is 0 Å². The van der Waals surface area contributed by atoms with Gasteiger partial charge in [0.15, 0.2) is 0 Å². The van der Waals surface area contributed by atoms with Crippen molar-refractivity contribution in [2.45, 2.75) is 24.5 Å².